The summed E-state index contributed by atoms with van der Waals surface area (Å²) in [6, 6.07) is 18.9. The van der Waals surface area contributed by atoms with Crippen LogP contribution < -0.4 is 9.47 Å². The molecule has 0 aliphatic carbocycles. The molecule has 0 fully saturated rings. The lowest BCUT2D eigenvalue weighted by molar-refractivity contribution is 0.112. The van der Waals surface area contributed by atoms with Crippen LogP contribution in [-0.2, 0) is 6.61 Å². The smallest absolute Gasteiger partial charge is 0.169 e. The first kappa shape index (κ1) is 18.9. The third-order valence-corrected chi connectivity index (χ3v) is 3.24. The number of para-hydroxylation sites is 2. The van der Waals surface area contributed by atoms with Gasteiger partial charge in [-0.1, -0.05) is 42.5 Å². The number of thiol groups is 2. The van der Waals surface area contributed by atoms with Crippen LogP contribution in [0.1, 0.15) is 15.9 Å². The van der Waals surface area contributed by atoms with Crippen LogP contribution in [0.4, 0.5) is 0 Å². The number of nitrogens with zero attached hydrogens (tertiary/aromatic N) is 1. The van der Waals surface area contributed by atoms with Gasteiger partial charge in [0.1, 0.15) is 12.4 Å². The van der Waals surface area contributed by atoms with Crippen LogP contribution in [0.2, 0.25) is 0 Å². The van der Waals surface area contributed by atoms with Crippen LogP contribution in [0.25, 0.3) is 0 Å². The molecule has 3 aromatic rings. The van der Waals surface area contributed by atoms with E-state index in [1.165, 1.54) is 6.20 Å². The summed E-state index contributed by atoms with van der Waals surface area (Å²) >= 11 is 6.44. The van der Waals surface area contributed by atoms with Crippen LogP contribution in [-0.4, -0.2) is 11.3 Å². The van der Waals surface area contributed by atoms with E-state index in [4.69, 9.17) is 9.47 Å². The number of carbonyl (C=O) groups excluding carboxylic acids is 1. The number of pyridine rings is 1. The van der Waals surface area contributed by atoms with E-state index in [2.05, 4.69) is 28.3 Å². The van der Waals surface area contributed by atoms with E-state index < -0.39 is 0 Å². The van der Waals surface area contributed by atoms with E-state index in [9.17, 15) is 4.79 Å². The number of benzene rings is 2. The van der Waals surface area contributed by atoms with Crippen molar-refractivity contribution in [2.75, 3.05) is 0 Å². The lowest BCUT2D eigenvalue weighted by atomic mass is 10.2. The highest BCUT2D eigenvalue weighted by molar-refractivity contribution is 8.59. The maximum absolute atomic E-state index is 11.1. The van der Waals surface area contributed by atoms with E-state index >= 15 is 0 Å². The molecular weight excluding hydrogens is 354 g/mol. The van der Waals surface area contributed by atoms with Crippen LogP contribution >= 0.6 is 23.3 Å². The van der Waals surface area contributed by atoms with E-state index in [1.54, 1.807) is 18.3 Å². The Morgan fingerprint density at radius 1 is 0.880 bits per heavy atom. The molecule has 4 nitrogen and oxygen atoms in total. The van der Waals surface area contributed by atoms with Gasteiger partial charge in [-0.3, -0.25) is 9.78 Å². The van der Waals surface area contributed by atoms with Crippen molar-refractivity contribution in [1.29, 1.82) is 0 Å². The molecule has 25 heavy (non-hydrogen) atoms. The summed E-state index contributed by atoms with van der Waals surface area (Å²) in [7, 11) is 0. The summed E-state index contributed by atoms with van der Waals surface area (Å²) in [6.07, 6.45) is 3.77. The molecule has 0 spiro atoms. The highest BCUT2D eigenvalue weighted by Crippen LogP contribution is 2.32. The predicted octanol–water partition coefficient (Wildman–Crippen LogP) is 5.03. The molecule has 6 heteroatoms. The zero-order valence-electron chi connectivity index (χ0n) is 13.3. The number of hydrogen-bond acceptors (Lipinski definition) is 6. The van der Waals surface area contributed by atoms with Gasteiger partial charge in [0, 0.05) is 12.4 Å². The van der Waals surface area contributed by atoms with Gasteiger partial charge in [-0.15, -0.1) is 23.3 Å². The fraction of sp³-hybridized carbons (Fsp3) is 0.0526. The van der Waals surface area contributed by atoms with Gasteiger partial charge in [0.05, 0.1) is 5.56 Å². The summed E-state index contributed by atoms with van der Waals surface area (Å²) in [6.45, 7) is 0.443. The fourth-order valence-electron chi connectivity index (χ4n) is 2.08. The number of aldehydes is 1. The second-order valence-corrected chi connectivity index (χ2v) is 4.85. The van der Waals surface area contributed by atoms with Crippen molar-refractivity contribution in [2.24, 2.45) is 0 Å². The van der Waals surface area contributed by atoms with Crippen LogP contribution in [0.3, 0.4) is 0 Å². The monoisotopic (exact) mass is 371 g/mol. The quantitative estimate of drug-likeness (QED) is 0.363. The Bertz CT molecular complexity index is 797. The lowest BCUT2D eigenvalue weighted by Gasteiger charge is -2.13. The van der Waals surface area contributed by atoms with Crippen molar-refractivity contribution in [3.05, 3.63) is 84.2 Å². The van der Waals surface area contributed by atoms with Crippen molar-refractivity contribution < 1.29 is 14.3 Å². The van der Waals surface area contributed by atoms with Crippen LogP contribution in [0, 0.1) is 0 Å². The van der Waals surface area contributed by atoms with Gasteiger partial charge >= 0.3 is 0 Å². The molecular formula is C19H17NO3S2. The summed E-state index contributed by atoms with van der Waals surface area (Å²) in [4.78, 5) is 15.0. The Hall–Kier alpha value is -2.44. The van der Waals surface area contributed by atoms with Crippen LogP contribution in [0.15, 0.2) is 73.1 Å². The molecule has 0 saturated heterocycles. The molecule has 3 rings (SSSR count). The third-order valence-electron chi connectivity index (χ3n) is 3.24. The predicted molar refractivity (Wildman–Crippen MR) is 105 cm³/mol. The summed E-state index contributed by atoms with van der Waals surface area (Å²) in [5, 5.41) is 0. The zero-order chi connectivity index (χ0) is 17.9. The van der Waals surface area contributed by atoms with Gasteiger partial charge in [0.25, 0.3) is 0 Å². The highest BCUT2D eigenvalue weighted by atomic mass is 33.1. The first-order chi connectivity index (χ1) is 12.4. The first-order valence-electron chi connectivity index (χ1n) is 7.39. The molecule has 128 valence electrons. The SMILES string of the molecule is O=Cc1cnccc1Oc1ccccc1OCc1ccccc1.SS. The molecule has 2 aromatic carbocycles. The Morgan fingerprint density at radius 3 is 2.28 bits per heavy atom. The Labute approximate surface area is 157 Å². The number of ether oxygens (including phenoxy) is 2. The molecule has 0 aliphatic rings. The number of hydrogen-bond donors (Lipinski definition) is 2. The van der Waals surface area contributed by atoms with Crippen molar-refractivity contribution in [3.63, 3.8) is 0 Å². The Balaban J connectivity index is 0.00000109. The van der Waals surface area contributed by atoms with E-state index in [0.717, 1.165) is 11.8 Å². The molecule has 1 heterocycles. The number of carbonyl (C=O) groups is 1. The minimum Gasteiger partial charge on any atom is -0.485 e. The normalized spacial score (nSPS) is 9.52. The second kappa shape index (κ2) is 10.4. The van der Waals surface area contributed by atoms with Gasteiger partial charge in [0.2, 0.25) is 0 Å². The molecule has 1 aromatic heterocycles. The maximum Gasteiger partial charge on any atom is 0.169 e. The topological polar surface area (TPSA) is 48.4 Å². The van der Waals surface area contributed by atoms with Gasteiger partial charge in [-0.2, -0.15) is 0 Å². The average molecular weight is 371 g/mol. The largest absolute Gasteiger partial charge is 0.485 e. The molecule has 0 bridgehead atoms. The Kier molecular flexibility index (Phi) is 7.88. The first-order valence-corrected chi connectivity index (χ1v) is 8.99. The molecule has 0 unspecified atom stereocenters. The molecule has 0 radical (unpaired) electrons. The van der Waals surface area contributed by atoms with Gasteiger partial charge in [0.15, 0.2) is 17.8 Å². The minimum atomic E-state index is 0.394. The van der Waals surface area contributed by atoms with Gasteiger partial charge in [-0.05, 0) is 23.8 Å². The average Bonchev–Trinajstić information content (AvgIpc) is 2.70. The zero-order valence-corrected chi connectivity index (χ0v) is 15.1. The van der Waals surface area contributed by atoms with Crippen molar-refractivity contribution >= 4 is 29.6 Å². The summed E-state index contributed by atoms with van der Waals surface area (Å²) in [5.41, 5.74) is 1.46. The third kappa shape index (κ3) is 5.55. The van der Waals surface area contributed by atoms with Crippen molar-refractivity contribution in [3.8, 4) is 17.2 Å². The molecule has 0 saturated carbocycles. The van der Waals surface area contributed by atoms with Crippen molar-refractivity contribution in [1.82, 2.24) is 4.98 Å². The van der Waals surface area contributed by atoms with Crippen molar-refractivity contribution in [2.45, 2.75) is 6.61 Å². The van der Waals surface area contributed by atoms with Gasteiger partial charge in [-0.25, -0.2) is 0 Å². The van der Waals surface area contributed by atoms with E-state index in [1.807, 2.05) is 48.5 Å². The molecule has 0 N–H and O–H groups in total. The van der Waals surface area contributed by atoms with E-state index in [0.29, 0.717) is 29.4 Å². The second-order valence-electron chi connectivity index (χ2n) is 4.85. The number of rotatable bonds is 6. The Morgan fingerprint density at radius 2 is 1.56 bits per heavy atom. The standard InChI is InChI=1S/C19H15NO3.H2S2/c21-13-16-12-20-11-10-17(16)23-19-9-5-4-8-18(19)22-14-15-6-2-1-3-7-15;1-2/h1-13H,14H2;1-2H. The highest BCUT2D eigenvalue weighted by Gasteiger charge is 2.09. The van der Waals surface area contributed by atoms with E-state index in [-0.39, 0.29) is 0 Å². The molecule has 0 aliphatic heterocycles. The van der Waals surface area contributed by atoms with Crippen LogP contribution in [0.5, 0.6) is 17.2 Å². The van der Waals surface area contributed by atoms with Gasteiger partial charge < -0.3 is 9.47 Å². The molecule has 0 amide bonds. The summed E-state index contributed by atoms with van der Waals surface area (Å²) < 4.78 is 11.7. The lowest BCUT2D eigenvalue weighted by Crippen LogP contribution is -1.98. The summed E-state index contributed by atoms with van der Waals surface area (Å²) in [5.74, 6) is 1.62. The molecule has 0 atom stereocenters. The maximum atomic E-state index is 11.1. The number of aromatic nitrogens is 1. The minimum absolute atomic E-state index is 0.394. The fourth-order valence-corrected chi connectivity index (χ4v) is 2.08.